The summed E-state index contributed by atoms with van der Waals surface area (Å²) in [6.45, 7) is 6.61. The maximum Gasteiger partial charge on any atom is 0.410 e. The van der Waals surface area contributed by atoms with Gasteiger partial charge < -0.3 is 15.0 Å². The average Bonchev–Trinajstić information content (AvgIpc) is 2.94. The Balaban J connectivity index is 1.87. The van der Waals surface area contributed by atoms with E-state index in [1.807, 2.05) is 4.90 Å². The Morgan fingerprint density at radius 1 is 1.41 bits per heavy atom. The summed E-state index contributed by atoms with van der Waals surface area (Å²) < 4.78 is 5.34. The molecule has 0 aliphatic carbocycles. The van der Waals surface area contributed by atoms with Crippen LogP contribution in [0.4, 0.5) is 4.79 Å². The summed E-state index contributed by atoms with van der Waals surface area (Å²) in [5.74, 6) is 0.407. The van der Waals surface area contributed by atoms with Crippen molar-refractivity contribution in [1.82, 2.24) is 10.2 Å². The van der Waals surface area contributed by atoms with E-state index in [9.17, 15) is 4.79 Å². The zero-order valence-corrected chi connectivity index (χ0v) is 10.9. The van der Waals surface area contributed by atoms with Crippen LogP contribution in [0.15, 0.2) is 0 Å². The van der Waals surface area contributed by atoms with Gasteiger partial charge in [0.05, 0.1) is 12.6 Å². The zero-order valence-electron chi connectivity index (χ0n) is 10.9. The Morgan fingerprint density at radius 3 is 2.88 bits per heavy atom. The number of carbonyl (C=O) groups excluding carboxylic acids is 1. The van der Waals surface area contributed by atoms with Crippen molar-refractivity contribution in [3.05, 3.63) is 0 Å². The van der Waals surface area contributed by atoms with E-state index in [2.05, 4.69) is 19.2 Å². The first-order chi connectivity index (χ1) is 8.18. The Kier molecular flexibility index (Phi) is 4.26. The molecule has 4 nitrogen and oxygen atoms in total. The van der Waals surface area contributed by atoms with Crippen LogP contribution in [-0.2, 0) is 4.74 Å². The number of likely N-dealkylation sites (tertiary alicyclic amines) is 1. The fourth-order valence-corrected chi connectivity index (χ4v) is 2.80. The van der Waals surface area contributed by atoms with Crippen molar-refractivity contribution in [2.24, 2.45) is 5.92 Å². The van der Waals surface area contributed by atoms with Gasteiger partial charge in [-0.1, -0.05) is 13.8 Å². The van der Waals surface area contributed by atoms with Gasteiger partial charge in [-0.2, -0.15) is 0 Å². The van der Waals surface area contributed by atoms with Crippen LogP contribution in [0.3, 0.4) is 0 Å². The first-order valence-electron chi connectivity index (χ1n) is 6.85. The van der Waals surface area contributed by atoms with E-state index >= 15 is 0 Å². The topological polar surface area (TPSA) is 41.6 Å². The molecule has 0 aromatic carbocycles. The third kappa shape index (κ3) is 3.12. The molecule has 0 aromatic rings. The van der Waals surface area contributed by atoms with E-state index in [0.717, 1.165) is 25.9 Å². The third-order valence-electron chi connectivity index (χ3n) is 3.64. The van der Waals surface area contributed by atoms with Crippen molar-refractivity contribution >= 4 is 6.09 Å². The lowest BCUT2D eigenvalue weighted by Crippen LogP contribution is -2.46. The molecule has 0 radical (unpaired) electrons. The molecule has 0 bridgehead atoms. The van der Waals surface area contributed by atoms with Crippen LogP contribution in [0.25, 0.3) is 0 Å². The predicted molar refractivity (Wildman–Crippen MR) is 66.9 cm³/mol. The van der Waals surface area contributed by atoms with E-state index in [1.165, 1.54) is 12.8 Å². The van der Waals surface area contributed by atoms with Gasteiger partial charge >= 0.3 is 6.09 Å². The second-order valence-electron chi connectivity index (χ2n) is 5.58. The molecule has 2 aliphatic heterocycles. The molecule has 2 aliphatic rings. The lowest BCUT2D eigenvalue weighted by Gasteiger charge is -2.29. The van der Waals surface area contributed by atoms with Crippen LogP contribution in [0.2, 0.25) is 0 Å². The fraction of sp³-hybridized carbons (Fsp3) is 0.923. The first kappa shape index (κ1) is 12.7. The molecule has 0 spiro atoms. The second kappa shape index (κ2) is 5.71. The molecular formula is C13H24N2O2. The van der Waals surface area contributed by atoms with Gasteiger partial charge in [0.25, 0.3) is 0 Å². The largest absolute Gasteiger partial charge is 0.449 e. The highest BCUT2D eigenvalue weighted by Gasteiger charge is 2.36. The number of carbonyl (C=O) groups is 1. The number of nitrogens with zero attached hydrogens (tertiary/aromatic N) is 1. The van der Waals surface area contributed by atoms with E-state index in [-0.39, 0.29) is 6.09 Å². The summed E-state index contributed by atoms with van der Waals surface area (Å²) in [6, 6.07) is 0.848. The Labute approximate surface area is 104 Å². The van der Waals surface area contributed by atoms with Crippen molar-refractivity contribution in [1.29, 1.82) is 0 Å². The molecule has 2 heterocycles. The summed E-state index contributed by atoms with van der Waals surface area (Å²) in [4.78, 5) is 13.9. The minimum atomic E-state index is -0.116. The molecule has 2 atom stereocenters. The van der Waals surface area contributed by atoms with Crippen LogP contribution in [0.5, 0.6) is 0 Å². The third-order valence-corrected chi connectivity index (χ3v) is 3.64. The molecule has 2 rings (SSSR count). The summed E-state index contributed by atoms with van der Waals surface area (Å²) in [5, 5.41) is 3.50. The van der Waals surface area contributed by atoms with Gasteiger partial charge in [-0.3, -0.25) is 0 Å². The van der Waals surface area contributed by atoms with E-state index < -0.39 is 0 Å². The van der Waals surface area contributed by atoms with E-state index in [4.69, 9.17) is 4.74 Å². The van der Waals surface area contributed by atoms with Crippen molar-refractivity contribution in [3.63, 3.8) is 0 Å². The minimum Gasteiger partial charge on any atom is -0.449 e. The number of amides is 1. The standard InChI is InChI=1S/C13H24N2O2/c1-10(2)9-17-13(16)15-8-4-6-12(15)11-5-3-7-14-11/h10-12,14H,3-9H2,1-2H3. The van der Waals surface area contributed by atoms with Crippen molar-refractivity contribution in [3.8, 4) is 0 Å². The molecule has 2 saturated heterocycles. The fourth-order valence-electron chi connectivity index (χ4n) is 2.80. The summed E-state index contributed by atoms with van der Waals surface area (Å²) in [5.41, 5.74) is 0. The summed E-state index contributed by atoms with van der Waals surface area (Å²) in [6.07, 6.45) is 4.54. The van der Waals surface area contributed by atoms with Gasteiger partial charge in [-0.25, -0.2) is 4.79 Å². The molecule has 0 saturated carbocycles. The van der Waals surface area contributed by atoms with Crippen molar-refractivity contribution in [2.75, 3.05) is 19.7 Å². The lowest BCUT2D eigenvalue weighted by atomic mass is 10.0. The van der Waals surface area contributed by atoms with Crippen LogP contribution in [-0.4, -0.2) is 42.8 Å². The van der Waals surface area contributed by atoms with Gasteiger partial charge in [-0.05, 0) is 38.1 Å². The van der Waals surface area contributed by atoms with Crippen molar-refractivity contribution in [2.45, 2.75) is 51.6 Å². The smallest absolute Gasteiger partial charge is 0.410 e. The van der Waals surface area contributed by atoms with Crippen LogP contribution in [0.1, 0.15) is 39.5 Å². The SMILES string of the molecule is CC(C)COC(=O)N1CCCC1C1CCCN1. The average molecular weight is 240 g/mol. The van der Waals surface area contributed by atoms with E-state index in [0.29, 0.717) is 24.6 Å². The van der Waals surface area contributed by atoms with Crippen LogP contribution >= 0.6 is 0 Å². The molecule has 1 amide bonds. The maximum absolute atomic E-state index is 12.0. The number of rotatable bonds is 3. The molecule has 17 heavy (non-hydrogen) atoms. The first-order valence-corrected chi connectivity index (χ1v) is 6.85. The highest BCUT2D eigenvalue weighted by atomic mass is 16.6. The number of nitrogens with one attached hydrogen (secondary N) is 1. The second-order valence-corrected chi connectivity index (χ2v) is 5.58. The zero-order chi connectivity index (χ0) is 12.3. The minimum absolute atomic E-state index is 0.116. The van der Waals surface area contributed by atoms with Gasteiger partial charge in [0.2, 0.25) is 0 Å². The van der Waals surface area contributed by atoms with E-state index in [1.54, 1.807) is 0 Å². The predicted octanol–water partition coefficient (Wildman–Crippen LogP) is 2.00. The molecule has 2 fully saturated rings. The monoisotopic (exact) mass is 240 g/mol. The van der Waals surface area contributed by atoms with Gasteiger partial charge in [0, 0.05) is 12.6 Å². The Hall–Kier alpha value is -0.770. The summed E-state index contributed by atoms with van der Waals surface area (Å²) >= 11 is 0. The molecule has 0 aromatic heterocycles. The van der Waals surface area contributed by atoms with Crippen LogP contribution in [0, 0.1) is 5.92 Å². The number of hydrogen-bond donors (Lipinski definition) is 1. The molecule has 1 N–H and O–H groups in total. The number of hydrogen-bond acceptors (Lipinski definition) is 3. The highest BCUT2D eigenvalue weighted by Crippen LogP contribution is 2.25. The Bertz CT molecular complexity index is 262. The molecule has 2 unspecified atom stereocenters. The van der Waals surface area contributed by atoms with Gasteiger partial charge in [0.1, 0.15) is 0 Å². The van der Waals surface area contributed by atoms with Crippen molar-refractivity contribution < 1.29 is 9.53 Å². The van der Waals surface area contributed by atoms with Crippen LogP contribution < -0.4 is 5.32 Å². The normalized spacial score (nSPS) is 29.0. The molecular weight excluding hydrogens is 216 g/mol. The summed E-state index contributed by atoms with van der Waals surface area (Å²) in [7, 11) is 0. The Morgan fingerprint density at radius 2 is 2.24 bits per heavy atom. The molecule has 4 heteroatoms. The highest BCUT2D eigenvalue weighted by molar-refractivity contribution is 5.68. The quantitative estimate of drug-likeness (QED) is 0.820. The maximum atomic E-state index is 12.0. The number of ether oxygens (including phenoxy) is 1. The lowest BCUT2D eigenvalue weighted by molar-refractivity contribution is 0.0832. The van der Waals surface area contributed by atoms with Gasteiger partial charge in [0.15, 0.2) is 0 Å². The van der Waals surface area contributed by atoms with Gasteiger partial charge in [-0.15, -0.1) is 0 Å². The molecule has 98 valence electrons.